The van der Waals surface area contributed by atoms with Crippen LogP contribution >= 0.6 is 35.6 Å². The molecule has 0 amide bonds. The summed E-state index contributed by atoms with van der Waals surface area (Å²) in [4.78, 5) is 10.2. The molecule has 0 aliphatic heterocycles. The van der Waals surface area contributed by atoms with Crippen LogP contribution in [-0.4, -0.2) is 21.9 Å². The Bertz CT molecular complexity index is 174. The summed E-state index contributed by atoms with van der Waals surface area (Å²) in [6.07, 6.45) is 0. The number of carbonyl (C=O) groups is 1. The minimum Gasteiger partial charge on any atom is -0.479 e. The average molecular weight is 229 g/mol. The minimum absolute atomic E-state index is 0.350. The molecule has 0 aliphatic carbocycles. The molecule has 6 heteroatoms. The summed E-state index contributed by atoms with van der Waals surface area (Å²) >= 11 is 10.9. The summed E-state index contributed by atoms with van der Waals surface area (Å²) in [5.74, 6) is 0. The number of hydrogen-bond donors (Lipinski definition) is 0. The van der Waals surface area contributed by atoms with Crippen molar-refractivity contribution in [3.63, 3.8) is 0 Å². The van der Waals surface area contributed by atoms with Crippen molar-refractivity contribution < 1.29 is 14.3 Å². The van der Waals surface area contributed by atoms with Crippen LogP contribution in [0, 0.1) is 0 Å². The first-order valence-corrected chi connectivity index (χ1v) is 4.92. The normalized spacial score (nSPS) is 11.9. The first kappa shape index (κ1) is 12.0. The monoisotopic (exact) mass is 228 g/mol. The Morgan fingerprint density at radius 2 is 2.33 bits per heavy atom. The van der Waals surface area contributed by atoms with Crippen LogP contribution in [0.25, 0.3) is 0 Å². The van der Waals surface area contributed by atoms with Crippen molar-refractivity contribution in [3.05, 3.63) is 0 Å². The van der Waals surface area contributed by atoms with Crippen LogP contribution in [0.2, 0.25) is 0 Å². The molecule has 0 aliphatic rings. The van der Waals surface area contributed by atoms with E-state index in [1.807, 2.05) is 6.92 Å². The third kappa shape index (κ3) is 6.69. The van der Waals surface area contributed by atoms with Crippen molar-refractivity contribution in [2.75, 3.05) is 6.61 Å². The van der Waals surface area contributed by atoms with Gasteiger partial charge in [0, 0.05) is 11.6 Å². The number of rotatable bonds is 3. The predicted molar refractivity (Wildman–Crippen MR) is 53.6 cm³/mol. The van der Waals surface area contributed by atoms with Gasteiger partial charge in [0.05, 0.1) is 6.61 Å². The van der Waals surface area contributed by atoms with Gasteiger partial charge in [0.15, 0.2) is 5.44 Å². The molecule has 3 nitrogen and oxygen atoms in total. The highest BCUT2D eigenvalue weighted by Gasteiger charge is 2.10. The van der Waals surface area contributed by atoms with Gasteiger partial charge in [-0.05, 0) is 37.8 Å². The summed E-state index contributed by atoms with van der Waals surface area (Å²) < 4.78 is 9.89. The van der Waals surface area contributed by atoms with Gasteiger partial charge >= 0.3 is 5.43 Å². The van der Waals surface area contributed by atoms with Crippen molar-refractivity contribution in [1.29, 1.82) is 0 Å². The first-order chi connectivity index (χ1) is 5.56. The lowest BCUT2D eigenvalue weighted by Crippen LogP contribution is -2.09. The molecule has 70 valence electrons. The van der Waals surface area contributed by atoms with Crippen molar-refractivity contribution in [2.45, 2.75) is 19.3 Å². The van der Waals surface area contributed by atoms with Gasteiger partial charge in [-0.15, -0.1) is 0 Å². The highest BCUT2D eigenvalue weighted by atomic mass is 35.5. The predicted octanol–water partition coefficient (Wildman–Crippen LogP) is 2.76. The first-order valence-electron chi connectivity index (χ1n) is 3.25. The van der Waals surface area contributed by atoms with E-state index in [4.69, 9.17) is 28.6 Å². The second kappa shape index (κ2) is 6.51. The zero-order chi connectivity index (χ0) is 9.56. The molecule has 0 spiro atoms. The Hall–Kier alpha value is -0.0000000000000000555. The Kier molecular flexibility index (Phi) is 6.51. The number of carbonyl (C=O) groups excluding carboxylic acids is 1. The smallest absolute Gasteiger partial charge is 0.404 e. The molecule has 12 heavy (non-hydrogen) atoms. The maximum Gasteiger partial charge on any atom is 0.404 e. The van der Waals surface area contributed by atoms with Gasteiger partial charge in [0.25, 0.3) is 0 Å². The number of ether oxygens (including phenoxy) is 2. The van der Waals surface area contributed by atoms with Crippen LogP contribution in [0.15, 0.2) is 0 Å². The molecular weight excluding hydrogens is 220 g/mol. The molecular formula is C6H9ClO3S2. The van der Waals surface area contributed by atoms with Gasteiger partial charge in [0.2, 0.25) is 4.38 Å². The molecule has 0 radical (unpaired) electrons. The lowest BCUT2D eigenvalue weighted by molar-refractivity contribution is 0.169. The van der Waals surface area contributed by atoms with Gasteiger partial charge in [-0.2, -0.15) is 0 Å². The molecule has 0 fully saturated rings. The Morgan fingerprint density at radius 1 is 1.75 bits per heavy atom. The second-order valence-electron chi connectivity index (χ2n) is 1.72. The number of halogens is 1. The van der Waals surface area contributed by atoms with Crippen LogP contribution in [0.3, 0.4) is 0 Å². The van der Waals surface area contributed by atoms with E-state index in [1.54, 1.807) is 6.92 Å². The lowest BCUT2D eigenvalue weighted by atomic mass is 10.9. The van der Waals surface area contributed by atoms with E-state index in [0.29, 0.717) is 11.0 Å². The molecule has 0 rings (SSSR count). The van der Waals surface area contributed by atoms with E-state index in [2.05, 4.69) is 4.74 Å². The molecule has 0 aromatic carbocycles. The molecule has 0 saturated heterocycles. The van der Waals surface area contributed by atoms with E-state index in [9.17, 15) is 4.79 Å². The SMILES string of the molecule is CCOC(=S)SC(C)OC(=O)Cl. The van der Waals surface area contributed by atoms with Crippen LogP contribution in [0.1, 0.15) is 13.8 Å². The summed E-state index contributed by atoms with van der Waals surface area (Å²) in [5.41, 5.74) is -1.25. The molecule has 0 aromatic rings. The van der Waals surface area contributed by atoms with Crippen molar-refractivity contribution >= 4 is 45.4 Å². The fourth-order valence-corrected chi connectivity index (χ4v) is 1.75. The highest BCUT2D eigenvalue weighted by Crippen LogP contribution is 2.16. The van der Waals surface area contributed by atoms with E-state index < -0.39 is 10.9 Å². The zero-order valence-corrected chi connectivity index (χ0v) is 9.09. The molecule has 1 unspecified atom stereocenters. The van der Waals surface area contributed by atoms with Gasteiger partial charge in [-0.3, -0.25) is 0 Å². The topological polar surface area (TPSA) is 35.5 Å². The maximum atomic E-state index is 10.2. The van der Waals surface area contributed by atoms with Crippen LogP contribution in [0.4, 0.5) is 4.79 Å². The molecule has 0 N–H and O–H groups in total. The van der Waals surface area contributed by atoms with Gasteiger partial charge in [-0.25, -0.2) is 4.79 Å². The Labute approximate surface area is 85.7 Å². The number of hydrogen-bond acceptors (Lipinski definition) is 5. The van der Waals surface area contributed by atoms with Crippen LogP contribution < -0.4 is 0 Å². The van der Waals surface area contributed by atoms with Crippen molar-refractivity contribution in [3.8, 4) is 0 Å². The van der Waals surface area contributed by atoms with Crippen molar-refractivity contribution in [1.82, 2.24) is 0 Å². The quantitative estimate of drug-likeness (QED) is 0.422. The third-order valence-electron chi connectivity index (χ3n) is 0.783. The average Bonchev–Trinajstić information content (AvgIpc) is 1.84. The molecule has 0 aromatic heterocycles. The van der Waals surface area contributed by atoms with E-state index in [1.165, 1.54) is 0 Å². The molecule has 0 bridgehead atoms. The molecule has 0 heterocycles. The van der Waals surface area contributed by atoms with E-state index in [-0.39, 0.29) is 0 Å². The fourth-order valence-electron chi connectivity index (χ4n) is 0.442. The zero-order valence-electron chi connectivity index (χ0n) is 6.70. The van der Waals surface area contributed by atoms with Crippen LogP contribution in [-0.2, 0) is 9.47 Å². The summed E-state index contributed by atoms with van der Waals surface area (Å²) in [6.45, 7) is 3.99. The summed E-state index contributed by atoms with van der Waals surface area (Å²) in [7, 11) is 0. The number of thioether (sulfide) groups is 1. The Balaban J connectivity index is 3.61. The Morgan fingerprint density at radius 3 is 2.75 bits per heavy atom. The second-order valence-corrected chi connectivity index (χ2v) is 3.93. The fraction of sp³-hybridized carbons (Fsp3) is 0.667. The van der Waals surface area contributed by atoms with E-state index in [0.717, 1.165) is 11.8 Å². The van der Waals surface area contributed by atoms with Crippen molar-refractivity contribution in [2.24, 2.45) is 0 Å². The van der Waals surface area contributed by atoms with Gasteiger partial charge in [0.1, 0.15) is 0 Å². The maximum absolute atomic E-state index is 10.2. The summed E-state index contributed by atoms with van der Waals surface area (Å²) in [5, 5.41) is 0. The minimum atomic E-state index is -0.839. The summed E-state index contributed by atoms with van der Waals surface area (Å²) in [6, 6.07) is 0. The standard InChI is InChI=1S/C6H9ClO3S2/c1-3-9-6(11)12-4(2)10-5(7)8/h4H,3H2,1-2H3. The largest absolute Gasteiger partial charge is 0.479 e. The number of thiocarbonyl (C=S) groups is 1. The molecule has 0 saturated carbocycles. The van der Waals surface area contributed by atoms with Crippen LogP contribution in [0.5, 0.6) is 0 Å². The lowest BCUT2D eigenvalue weighted by Gasteiger charge is -2.10. The van der Waals surface area contributed by atoms with Gasteiger partial charge in [-0.1, -0.05) is 0 Å². The van der Waals surface area contributed by atoms with E-state index >= 15 is 0 Å². The third-order valence-corrected chi connectivity index (χ3v) is 2.02. The molecule has 1 atom stereocenters. The highest BCUT2D eigenvalue weighted by molar-refractivity contribution is 8.22. The van der Waals surface area contributed by atoms with Gasteiger partial charge < -0.3 is 9.47 Å².